The lowest BCUT2D eigenvalue weighted by atomic mass is 9.98. The van der Waals surface area contributed by atoms with Crippen LogP contribution >= 0.6 is 0 Å². The molecule has 0 saturated carbocycles. The van der Waals surface area contributed by atoms with Gasteiger partial charge in [-0.3, -0.25) is 5.41 Å². The molecule has 0 heterocycles. The average molecular weight is 427 g/mol. The fourth-order valence-electron chi connectivity index (χ4n) is 2.61. The first-order valence-corrected chi connectivity index (χ1v) is 8.07. The number of nitrogen functional groups attached to an aromatic ring is 1. The molecule has 9 nitrogen and oxygen atoms in total. The summed E-state index contributed by atoms with van der Waals surface area (Å²) in [6.07, 6.45) is -5.10. The number of halogens is 3. The van der Waals surface area contributed by atoms with Crippen molar-refractivity contribution < 1.29 is 42.4 Å². The van der Waals surface area contributed by atoms with Crippen molar-refractivity contribution in [2.24, 2.45) is 5.73 Å². The summed E-state index contributed by atoms with van der Waals surface area (Å²) in [5.41, 5.74) is 4.70. The van der Waals surface area contributed by atoms with Crippen LogP contribution < -0.4 is 20.5 Å². The van der Waals surface area contributed by atoms with Crippen LogP contribution in [0.2, 0.25) is 0 Å². The van der Waals surface area contributed by atoms with Gasteiger partial charge in [0.25, 0.3) is 0 Å². The van der Waals surface area contributed by atoms with Crippen molar-refractivity contribution in [2.75, 3.05) is 12.4 Å². The van der Waals surface area contributed by atoms with Gasteiger partial charge in [0.2, 0.25) is 0 Å². The minimum absolute atomic E-state index is 0.185. The molecule has 1 atom stereocenters. The van der Waals surface area contributed by atoms with Crippen LogP contribution in [-0.2, 0) is 4.79 Å². The highest BCUT2D eigenvalue weighted by atomic mass is 19.4. The van der Waals surface area contributed by atoms with Crippen LogP contribution in [0.1, 0.15) is 27.5 Å². The number of methoxy groups -OCH3 is 1. The molecule has 6 N–H and O–H groups in total. The van der Waals surface area contributed by atoms with Gasteiger partial charge >= 0.3 is 18.3 Å². The van der Waals surface area contributed by atoms with Crippen molar-refractivity contribution in [1.29, 1.82) is 5.41 Å². The van der Waals surface area contributed by atoms with E-state index < -0.39 is 47.0 Å². The number of rotatable bonds is 8. The van der Waals surface area contributed by atoms with Crippen molar-refractivity contribution in [1.82, 2.24) is 0 Å². The molecule has 0 fully saturated rings. The van der Waals surface area contributed by atoms with E-state index in [9.17, 15) is 33.0 Å². The molecule has 12 heteroatoms. The number of benzene rings is 2. The van der Waals surface area contributed by atoms with Gasteiger partial charge in [0, 0.05) is 22.9 Å². The molecule has 30 heavy (non-hydrogen) atoms. The number of nitrogens with one attached hydrogen (secondary N) is 2. The number of ether oxygens (including phenoxy) is 2. The topological polar surface area (TPSA) is 155 Å². The summed E-state index contributed by atoms with van der Waals surface area (Å²) in [6.45, 7) is 0. The summed E-state index contributed by atoms with van der Waals surface area (Å²) in [4.78, 5) is 23.5. The van der Waals surface area contributed by atoms with Crippen LogP contribution in [0.25, 0.3) is 0 Å². The first-order chi connectivity index (χ1) is 13.9. The Labute approximate surface area is 167 Å². The molecule has 1 unspecified atom stereocenters. The predicted octanol–water partition coefficient (Wildman–Crippen LogP) is 2.81. The second kappa shape index (κ2) is 8.59. The highest BCUT2D eigenvalue weighted by Crippen LogP contribution is 2.36. The van der Waals surface area contributed by atoms with Gasteiger partial charge in [-0.2, -0.15) is 0 Å². The minimum Gasteiger partial charge on any atom is -0.496 e. The third-order valence-corrected chi connectivity index (χ3v) is 3.84. The fraction of sp³-hybridized carbons (Fsp3) is 0.167. The Bertz CT molecular complexity index is 976. The van der Waals surface area contributed by atoms with Crippen LogP contribution in [0.15, 0.2) is 36.4 Å². The molecule has 0 saturated heterocycles. The lowest BCUT2D eigenvalue weighted by molar-refractivity contribution is -0.274. The molecule has 2 aromatic rings. The zero-order valence-electron chi connectivity index (χ0n) is 15.3. The van der Waals surface area contributed by atoms with E-state index in [1.165, 1.54) is 24.3 Å². The predicted molar refractivity (Wildman–Crippen MR) is 98.1 cm³/mol. The number of aromatic carboxylic acids is 1. The number of nitrogens with two attached hydrogens (primary N) is 1. The van der Waals surface area contributed by atoms with Crippen molar-refractivity contribution in [3.63, 3.8) is 0 Å². The molecule has 0 aliphatic heterocycles. The van der Waals surface area contributed by atoms with Crippen molar-refractivity contribution in [3.8, 4) is 11.5 Å². The Kier molecular flexibility index (Phi) is 6.40. The Morgan fingerprint density at radius 1 is 1.17 bits per heavy atom. The van der Waals surface area contributed by atoms with E-state index in [-0.39, 0.29) is 11.5 Å². The van der Waals surface area contributed by atoms with Gasteiger partial charge < -0.3 is 30.7 Å². The van der Waals surface area contributed by atoms with Crippen LogP contribution in [0.3, 0.4) is 0 Å². The summed E-state index contributed by atoms with van der Waals surface area (Å²) in [7, 11) is 1.02. The smallest absolute Gasteiger partial charge is 0.496 e. The zero-order chi connectivity index (χ0) is 22.6. The molecule has 0 spiro atoms. The summed E-state index contributed by atoms with van der Waals surface area (Å²) in [5.74, 6) is -4.77. The van der Waals surface area contributed by atoms with Crippen LogP contribution in [0, 0.1) is 5.41 Å². The number of amidine groups is 1. The largest absolute Gasteiger partial charge is 0.573 e. The molecule has 0 aromatic heterocycles. The third-order valence-electron chi connectivity index (χ3n) is 3.84. The van der Waals surface area contributed by atoms with E-state index in [0.29, 0.717) is 17.7 Å². The Balaban J connectivity index is 2.58. The van der Waals surface area contributed by atoms with Crippen molar-refractivity contribution in [2.45, 2.75) is 12.4 Å². The number of hydrogen-bond donors (Lipinski definition) is 5. The number of carboxylic acids is 2. The molecule has 0 bridgehead atoms. The molecule has 0 amide bonds. The summed E-state index contributed by atoms with van der Waals surface area (Å²) in [5, 5.41) is 29.0. The molecule has 0 aliphatic carbocycles. The molecular formula is C18H16F3N3O6. The van der Waals surface area contributed by atoms with Gasteiger partial charge in [0.1, 0.15) is 22.9 Å². The quantitative estimate of drug-likeness (QED) is 0.318. The van der Waals surface area contributed by atoms with E-state index in [4.69, 9.17) is 15.9 Å². The molecular weight excluding hydrogens is 411 g/mol. The van der Waals surface area contributed by atoms with E-state index in [2.05, 4.69) is 10.1 Å². The fourth-order valence-corrected chi connectivity index (χ4v) is 2.61. The second-order valence-electron chi connectivity index (χ2n) is 5.85. The number of hydrogen-bond acceptors (Lipinski definition) is 6. The Hall–Kier alpha value is -3.96. The van der Waals surface area contributed by atoms with Gasteiger partial charge in [-0.25, -0.2) is 9.59 Å². The van der Waals surface area contributed by atoms with E-state index in [0.717, 1.165) is 7.11 Å². The van der Waals surface area contributed by atoms with Crippen LogP contribution in [0.5, 0.6) is 11.5 Å². The zero-order valence-corrected chi connectivity index (χ0v) is 15.3. The standard InChI is InChI=1S/C18H16F3N3O6/c1-29-12-7-10(30-18(19,20)21)6-11(13(12)16(25)26)14(17(27)28)24-9-4-2-8(3-5-9)15(22)23/h2-7,14,24H,1H3,(H3,22,23)(H,25,26)(H,27,28). The van der Waals surface area contributed by atoms with E-state index in [1.54, 1.807) is 0 Å². The number of alkyl halides is 3. The van der Waals surface area contributed by atoms with Crippen LogP contribution in [-0.4, -0.2) is 41.5 Å². The maximum Gasteiger partial charge on any atom is 0.573 e. The average Bonchev–Trinajstić information content (AvgIpc) is 2.63. The van der Waals surface area contributed by atoms with Crippen molar-refractivity contribution >= 4 is 23.5 Å². The van der Waals surface area contributed by atoms with Crippen molar-refractivity contribution in [3.05, 3.63) is 53.1 Å². The van der Waals surface area contributed by atoms with Gasteiger partial charge in [0.15, 0.2) is 6.04 Å². The molecule has 2 aromatic carbocycles. The number of carbonyl (C=O) groups is 2. The SMILES string of the molecule is COc1cc(OC(F)(F)F)cc(C(Nc2ccc(C(=N)N)cc2)C(=O)O)c1C(=O)O. The molecule has 2 rings (SSSR count). The maximum absolute atomic E-state index is 12.6. The van der Waals surface area contributed by atoms with Gasteiger partial charge in [-0.05, 0) is 30.3 Å². The lowest BCUT2D eigenvalue weighted by Crippen LogP contribution is -2.24. The molecule has 0 aliphatic rings. The van der Waals surface area contributed by atoms with Crippen LogP contribution in [0.4, 0.5) is 18.9 Å². The second-order valence-corrected chi connectivity index (χ2v) is 5.85. The maximum atomic E-state index is 12.6. The third kappa shape index (κ3) is 5.31. The Morgan fingerprint density at radius 2 is 1.77 bits per heavy atom. The normalized spacial score (nSPS) is 12.0. The highest BCUT2D eigenvalue weighted by Gasteiger charge is 2.34. The summed E-state index contributed by atoms with van der Waals surface area (Å²) < 4.78 is 46.6. The first kappa shape index (κ1) is 22.3. The minimum atomic E-state index is -5.10. The number of aliphatic carboxylic acids is 1. The van der Waals surface area contributed by atoms with E-state index in [1.807, 2.05) is 0 Å². The molecule has 0 radical (unpaired) electrons. The highest BCUT2D eigenvalue weighted by molar-refractivity contribution is 5.96. The number of carboxylic acid groups (broad SMARTS) is 2. The van der Waals surface area contributed by atoms with E-state index >= 15 is 0 Å². The number of anilines is 1. The van der Waals surface area contributed by atoms with Gasteiger partial charge in [-0.15, -0.1) is 13.2 Å². The molecule has 160 valence electrons. The first-order valence-electron chi connectivity index (χ1n) is 8.07. The summed E-state index contributed by atoms with van der Waals surface area (Å²) >= 11 is 0. The lowest BCUT2D eigenvalue weighted by Gasteiger charge is -2.21. The Morgan fingerprint density at radius 3 is 2.20 bits per heavy atom. The summed E-state index contributed by atoms with van der Waals surface area (Å²) in [6, 6.07) is 5.15. The van der Waals surface area contributed by atoms with Gasteiger partial charge in [0.05, 0.1) is 7.11 Å². The monoisotopic (exact) mass is 427 g/mol. The van der Waals surface area contributed by atoms with Gasteiger partial charge in [-0.1, -0.05) is 0 Å².